The molecule has 0 spiro atoms. The average molecular weight is 606 g/mol. The maximum Gasteiger partial charge on any atom is 0.306 e. The van der Waals surface area contributed by atoms with Crippen LogP contribution in [0.15, 0.2) is 43.0 Å². The van der Waals surface area contributed by atoms with Crippen LogP contribution in [-0.2, 0) is 23.9 Å². The van der Waals surface area contributed by atoms with Crippen molar-refractivity contribution in [3.05, 3.63) is 48.6 Å². The molecule has 1 N–H and O–H groups in total. The van der Waals surface area contributed by atoms with Crippen molar-refractivity contribution in [2.75, 3.05) is 19.8 Å². The van der Waals surface area contributed by atoms with Gasteiger partial charge in [0.1, 0.15) is 12.1 Å². The molecule has 44 heavy (non-hydrogen) atoms. The number of hydrogen-bond acceptors (Lipinski definition) is 6. The monoisotopic (exact) mass is 605 g/mol. The van der Waals surface area contributed by atoms with Gasteiger partial charge in [0, 0.05) is 18.5 Å². The van der Waals surface area contributed by atoms with Crippen molar-refractivity contribution < 1.29 is 28.7 Å². The van der Waals surface area contributed by atoms with Gasteiger partial charge >= 0.3 is 5.97 Å². The Bertz CT molecular complexity index is 1280. The molecule has 0 aromatic heterocycles. The number of ketones is 1. The van der Waals surface area contributed by atoms with E-state index < -0.39 is 28.8 Å². The van der Waals surface area contributed by atoms with Crippen LogP contribution in [0.5, 0.6) is 0 Å². The van der Waals surface area contributed by atoms with Crippen molar-refractivity contribution in [3.63, 3.8) is 0 Å². The zero-order valence-electron chi connectivity index (χ0n) is 26.4. The Morgan fingerprint density at radius 1 is 1.07 bits per heavy atom. The molecule has 4 aliphatic rings. The molecule has 238 valence electrons. The van der Waals surface area contributed by atoms with Gasteiger partial charge in [0.2, 0.25) is 11.8 Å². The molecule has 9 nitrogen and oxygen atoms in total. The fourth-order valence-electron chi connectivity index (χ4n) is 6.78. The molecule has 0 bridgehead atoms. The van der Waals surface area contributed by atoms with Gasteiger partial charge in [-0.25, -0.2) is 0 Å². The van der Waals surface area contributed by atoms with Crippen LogP contribution in [0.3, 0.4) is 0 Å². The van der Waals surface area contributed by atoms with Gasteiger partial charge in [0.25, 0.3) is 5.91 Å². The second-order valence-corrected chi connectivity index (χ2v) is 14.4. The molecule has 0 unspecified atom stereocenters. The first-order valence-electron chi connectivity index (χ1n) is 16.2. The van der Waals surface area contributed by atoms with Crippen molar-refractivity contribution in [1.29, 1.82) is 0 Å². The standard InChI is InChI=1S/C35H47N3O6/c1-5-25-18-35(25,33(43)36-20-23-15-16-23)19-29(39)28-21-37(31(41)24-11-7-6-8-12-24)22-38(28)32(42)27(34(2,3)4)17-30(40)44-26-13-9-10-14-26/h5-8,11-12,23,25-28H,1,9-10,13-22H2,2-4H3,(H,36,43)/t25-,27-,28+,35-/m1/s1. The lowest BCUT2D eigenvalue weighted by Crippen LogP contribution is -2.49. The minimum absolute atomic E-state index is 0.0280. The summed E-state index contributed by atoms with van der Waals surface area (Å²) in [7, 11) is 0. The number of benzene rings is 1. The van der Waals surface area contributed by atoms with E-state index in [9.17, 15) is 24.0 Å². The Morgan fingerprint density at radius 3 is 2.34 bits per heavy atom. The first-order valence-corrected chi connectivity index (χ1v) is 16.2. The summed E-state index contributed by atoms with van der Waals surface area (Å²) in [6.45, 7) is 10.1. The molecule has 0 radical (unpaired) electrons. The summed E-state index contributed by atoms with van der Waals surface area (Å²) in [5.74, 6) is -1.82. The van der Waals surface area contributed by atoms with Gasteiger partial charge in [0.15, 0.2) is 5.78 Å². The van der Waals surface area contributed by atoms with Crippen LogP contribution in [0.4, 0.5) is 0 Å². The number of carbonyl (C=O) groups is 5. The Labute approximate surface area is 260 Å². The Kier molecular flexibility index (Phi) is 9.33. The van der Waals surface area contributed by atoms with Crippen molar-refractivity contribution in [1.82, 2.24) is 15.1 Å². The largest absolute Gasteiger partial charge is 0.462 e. The summed E-state index contributed by atoms with van der Waals surface area (Å²) in [5.41, 5.74) is -1.02. The van der Waals surface area contributed by atoms with Gasteiger partial charge in [-0.2, -0.15) is 0 Å². The lowest BCUT2D eigenvalue weighted by atomic mass is 9.77. The molecule has 3 saturated carbocycles. The molecular formula is C35H47N3O6. The van der Waals surface area contributed by atoms with E-state index in [0.717, 1.165) is 38.5 Å². The number of amides is 3. The smallest absolute Gasteiger partial charge is 0.306 e. The fraction of sp³-hybridized carbons (Fsp3) is 0.629. The quantitative estimate of drug-likeness (QED) is 0.277. The van der Waals surface area contributed by atoms with E-state index >= 15 is 0 Å². The number of carbonyl (C=O) groups excluding carboxylic acids is 5. The van der Waals surface area contributed by atoms with E-state index in [4.69, 9.17) is 4.74 Å². The SMILES string of the molecule is C=C[C@@H]1C[C@]1(CC(=O)[C@@H]1CN(C(=O)c2ccccc2)CN1C(=O)[C@@H](CC(=O)OC1CCCC1)C(C)(C)C)C(=O)NCC1CC1. The highest BCUT2D eigenvalue weighted by atomic mass is 16.5. The normalized spacial score (nSPS) is 25.8. The number of nitrogens with one attached hydrogen (secondary N) is 1. The van der Waals surface area contributed by atoms with Crippen LogP contribution < -0.4 is 5.32 Å². The number of ether oxygens (including phenoxy) is 1. The average Bonchev–Trinajstić information content (AvgIpc) is 3.84. The highest BCUT2D eigenvalue weighted by molar-refractivity contribution is 5.99. The predicted octanol–water partition coefficient (Wildman–Crippen LogP) is 4.51. The van der Waals surface area contributed by atoms with Crippen molar-refractivity contribution in [2.45, 2.75) is 90.7 Å². The lowest BCUT2D eigenvalue weighted by Gasteiger charge is -2.34. The topological polar surface area (TPSA) is 113 Å². The van der Waals surface area contributed by atoms with Crippen LogP contribution >= 0.6 is 0 Å². The predicted molar refractivity (Wildman–Crippen MR) is 165 cm³/mol. The van der Waals surface area contributed by atoms with Crippen molar-refractivity contribution in [2.24, 2.45) is 28.6 Å². The second-order valence-electron chi connectivity index (χ2n) is 14.4. The Hall–Kier alpha value is -3.49. The third kappa shape index (κ3) is 7.08. The van der Waals surface area contributed by atoms with Gasteiger partial charge in [0.05, 0.1) is 31.0 Å². The molecule has 1 saturated heterocycles. The molecule has 1 aromatic carbocycles. The molecule has 4 fully saturated rings. The highest BCUT2D eigenvalue weighted by Gasteiger charge is 2.60. The van der Waals surface area contributed by atoms with Gasteiger partial charge in [-0.05, 0) is 74.3 Å². The third-order valence-electron chi connectivity index (χ3n) is 9.98. The molecule has 4 atom stereocenters. The van der Waals surface area contributed by atoms with Crippen LogP contribution in [0.1, 0.15) is 88.9 Å². The molecule has 3 aliphatic carbocycles. The molecule has 1 heterocycles. The maximum atomic E-state index is 14.3. The first kappa shape index (κ1) is 31.9. The minimum atomic E-state index is -0.926. The summed E-state index contributed by atoms with van der Waals surface area (Å²) >= 11 is 0. The van der Waals surface area contributed by atoms with Crippen LogP contribution in [0.25, 0.3) is 0 Å². The fourth-order valence-corrected chi connectivity index (χ4v) is 6.78. The van der Waals surface area contributed by atoms with E-state index in [-0.39, 0.29) is 61.6 Å². The maximum absolute atomic E-state index is 14.3. The summed E-state index contributed by atoms with van der Waals surface area (Å²) in [6.07, 6.45) is 7.93. The molecular weight excluding hydrogens is 558 g/mol. The zero-order valence-corrected chi connectivity index (χ0v) is 26.4. The van der Waals surface area contributed by atoms with E-state index in [1.165, 1.54) is 9.80 Å². The molecule has 3 amide bonds. The number of hydrogen-bond donors (Lipinski definition) is 1. The van der Waals surface area contributed by atoms with Gasteiger partial charge in [-0.15, -0.1) is 6.58 Å². The zero-order chi connectivity index (χ0) is 31.6. The summed E-state index contributed by atoms with van der Waals surface area (Å²) in [5, 5.41) is 3.04. The highest BCUT2D eigenvalue weighted by Crippen LogP contribution is 2.56. The summed E-state index contributed by atoms with van der Waals surface area (Å²) in [6, 6.07) is 7.85. The van der Waals surface area contributed by atoms with E-state index in [1.54, 1.807) is 30.3 Å². The van der Waals surface area contributed by atoms with Gasteiger partial charge in [-0.3, -0.25) is 24.0 Å². The van der Waals surface area contributed by atoms with E-state index in [2.05, 4.69) is 11.9 Å². The van der Waals surface area contributed by atoms with Crippen LogP contribution in [-0.4, -0.2) is 71.2 Å². The Balaban J connectivity index is 1.37. The van der Waals surface area contributed by atoms with Crippen LogP contribution in [0, 0.1) is 28.6 Å². The number of esters is 1. The number of allylic oxidation sites excluding steroid dienone is 1. The minimum Gasteiger partial charge on any atom is -0.462 e. The lowest BCUT2D eigenvalue weighted by molar-refractivity contribution is -0.156. The van der Waals surface area contributed by atoms with Crippen LogP contribution in [0.2, 0.25) is 0 Å². The molecule has 1 aliphatic heterocycles. The first-order chi connectivity index (χ1) is 20.9. The second kappa shape index (κ2) is 12.9. The Morgan fingerprint density at radius 2 is 1.75 bits per heavy atom. The third-order valence-corrected chi connectivity index (χ3v) is 9.98. The van der Waals surface area contributed by atoms with Crippen molar-refractivity contribution >= 4 is 29.5 Å². The van der Waals surface area contributed by atoms with Gasteiger partial charge in [-0.1, -0.05) is 45.0 Å². The molecule has 1 aromatic rings. The number of rotatable bonds is 12. The van der Waals surface area contributed by atoms with Gasteiger partial charge < -0.3 is 19.9 Å². The van der Waals surface area contributed by atoms with E-state index in [0.29, 0.717) is 24.4 Å². The molecule has 5 rings (SSSR count). The molecule has 9 heteroatoms. The van der Waals surface area contributed by atoms with E-state index in [1.807, 2.05) is 26.8 Å². The van der Waals surface area contributed by atoms with Crippen molar-refractivity contribution in [3.8, 4) is 0 Å². The summed E-state index contributed by atoms with van der Waals surface area (Å²) < 4.78 is 5.72. The number of nitrogens with zero attached hydrogens (tertiary/aromatic N) is 2. The summed E-state index contributed by atoms with van der Waals surface area (Å²) in [4.78, 5) is 71.3. The number of Topliss-reactive ketones (excluding diaryl/α,β-unsaturated/α-hetero) is 1.